The van der Waals surface area contributed by atoms with Crippen molar-refractivity contribution < 1.29 is 9.90 Å². The van der Waals surface area contributed by atoms with Crippen molar-refractivity contribution in [3.05, 3.63) is 60.6 Å². The summed E-state index contributed by atoms with van der Waals surface area (Å²) in [5.41, 5.74) is 2.51. The molecule has 0 aliphatic heterocycles. The normalized spacial score (nSPS) is 10.5. The van der Waals surface area contributed by atoms with Crippen LogP contribution in [0.4, 0.5) is 0 Å². The predicted molar refractivity (Wildman–Crippen MR) is 71.9 cm³/mol. The van der Waals surface area contributed by atoms with Crippen LogP contribution in [0.1, 0.15) is 10.4 Å². The van der Waals surface area contributed by atoms with E-state index in [4.69, 9.17) is 0 Å². The summed E-state index contributed by atoms with van der Waals surface area (Å²) in [5, 5.41) is 10.2. The lowest BCUT2D eigenvalue weighted by Crippen LogP contribution is -2.00. The minimum absolute atomic E-state index is 0.242. The Bertz CT molecular complexity index is 763. The molecule has 19 heavy (non-hydrogen) atoms. The zero-order chi connectivity index (χ0) is 13.2. The van der Waals surface area contributed by atoms with Gasteiger partial charge in [-0.15, -0.1) is 0 Å². The van der Waals surface area contributed by atoms with Crippen LogP contribution < -0.4 is 0 Å². The van der Waals surface area contributed by atoms with Crippen LogP contribution in [0.15, 0.2) is 55.0 Å². The van der Waals surface area contributed by atoms with E-state index < -0.39 is 5.97 Å². The van der Waals surface area contributed by atoms with Crippen LogP contribution in [-0.4, -0.2) is 21.0 Å². The zero-order valence-corrected chi connectivity index (χ0v) is 9.95. The van der Waals surface area contributed by atoms with E-state index in [0.717, 1.165) is 16.5 Å². The summed E-state index contributed by atoms with van der Waals surface area (Å²) in [7, 11) is 0. The number of aromatic carboxylic acids is 1. The zero-order valence-electron chi connectivity index (χ0n) is 9.95. The Morgan fingerprint density at radius 1 is 1.00 bits per heavy atom. The molecule has 0 spiro atoms. The smallest absolute Gasteiger partial charge is 0.336 e. The van der Waals surface area contributed by atoms with Crippen molar-refractivity contribution in [3.8, 4) is 11.1 Å². The van der Waals surface area contributed by atoms with E-state index in [1.54, 1.807) is 12.4 Å². The number of nitrogens with zero attached hydrogens (tertiary/aromatic N) is 2. The summed E-state index contributed by atoms with van der Waals surface area (Å²) in [6.07, 6.45) is 4.77. The minimum atomic E-state index is -0.960. The van der Waals surface area contributed by atoms with Crippen LogP contribution >= 0.6 is 0 Å². The van der Waals surface area contributed by atoms with Gasteiger partial charge in [-0.25, -0.2) is 4.79 Å². The molecule has 1 N–H and O–H groups in total. The quantitative estimate of drug-likeness (QED) is 0.759. The molecule has 4 heteroatoms. The molecule has 0 aliphatic carbocycles. The Morgan fingerprint density at radius 2 is 1.89 bits per heavy atom. The van der Waals surface area contributed by atoms with Gasteiger partial charge in [0, 0.05) is 29.5 Å². The molecule has 0 aliphatic rings. The molecular weight excluding hydrogens is 240 g/mol. The van der Waals surface area contributed by atoms with Gasteiger partial charge >= 0.3 is 5.97 Å². The Morgan fingerprint density at radius 3 is 2.74 bits per heavy atom. The lowest BCUT2D eigenvalue weighted by molar-refractivity contribution is 0.0697. The molecule has 2 aromatic heterocycles. The number of aromatic nitrogens is 2. The standard InChI is InChI=1S/C15H10N2O2/c18-15(19)12-6-8-16-9-13(12)10-3-1-5-14-11(10)4-2-7-17-14/h1-9H,(H,18,19). The maximum absolute atomic E-state index is 11.3. The van der Waals surface area contributed by atoms with E-state index in [0.29, 0.717) is 5.56 Å². The maximum Gasteiger partial charge on any atom is 0.336 e. The summed E-state index contributed by atoms with van der Waals surface area (Å²) in [6, 6.07) is 10.9. The van der Waals surface area contributed by atoms with Gasteiger partial charge in [-0.05, 0) is 23.8 Å². The molecule has 0 saturated heterocycles. The molecule has 3 rings (SSSR count). The van der Waals surface area contributed by atoms with Crippen LogP contribution in [0.3, 0.4) is 0 Å². The van der Waals surface area contributed by atoms with E-state index >= 15 is 0 Å². The average molecular weight is 250 g/mol. The van der Waals surface area contributed by atoms with Gasteiger partial charge in [0.2, 0.25) is 0 Å². The molecule has 0 saturated carbocycles. The van der Waals surface area contributed by atoms with Crippen molar-refractivity contribution in [3.63, 3.8) is 0 Å². The number of rotatable bonds is 2. The number of carboxylic acid groups (broad SMARTS) is 1. The summed E-state index contributed by atoms with van der Waals surface area (Å²) in [6.45, 7) is 0. The van der Waals surface area contributed by atoms with Gasteiger partial charge < -0.3 is 5.11 Å². The SMILES string of the molecule is O=C(O)c1ccncc1-c1cccc2ncccc12. The summed E-state index contributed by atoms with van der Waals surface area (Å²) in [5.74, 6) is -0.960. The van der Waals surface area contributed by atoms with Crippen LogP contribution in [0, 0.1) is 0 Å². The topological polar surface area (TPSA) is 63.1 Å². The lowest BCUT2D eigenvalue weighted by Gasteiger charge is -2.08. The molecule has 1 aromatic carbocycles. The number of fused-ring (bicyclic) bond motifs is 1. The van der Waals surface area contributed by atoms with Crippen LogP contribution in [-0.2, 0) is 0 Å². The molecule has 0 amide bonds. The largest absolute Gasteiger partial charge is 0.478 e. The van der Waals surface area contributed by atoms with Gasteiger partial charge in [-0.1, -0.05) is 18.2 Å². The number of hydrogen-bond donors (Lipinski definition) is 1. The van der Waals surface area contributed by atoms with Crippen molar-refractivity contribution in [1.29, 1.82) is 0 Å². The molecule has 4 nitrogen and oxygen atoms in total. The van der Waals surface area contributed by atoms with Gasteiger partial charge in [-0.2, -0.15) is 0 Å². The van der Waals surface area contributed by atoms with Crippen molar-refractivity contribution >= 4 is 16.9 Å². The van der Waals surface area contributed by atoms with Crippen molar-refractivity contribution in [2.24, 2.45) is 0 Å². The summed E-state index contributed by atoms with van der Waals surface area (Å²) < 4.78 is 0. The number of benzene rings is 1. The monoisotopic (exact) mass is 250 g/mol. The second kappa shape index (κ2) is 4.49. The first kappa shape index (κ1) is 11.3. The highest BCUT2D eigenvalue weighted by molar-refractivity contribution is 6.02. The van der Waals surface area contributed by atoms with Gasteiger partial charge in [0.15, 0.2) is 0 Å². The third kappa shape index (κ3) is 1.93. The number of hydrogen-bond acceptors (Lipinski definition) is 3. The molecule has 0 radical (unpaired) electrons. The second-order valence-corrected chi connectivity index (χ2v) is 4.10. The third-order valence-electron chi connectivity index (χ3n) is 2.99. The first-order valence-corrected chi connectivity index (χ1v) is 5.79. The molecule has 0 fully saturated rings. The van der Waals surface area contributed by atoms with E-state index in [9.17, 15) is 9.90 Å². The molecule has 2 heterocycles. The Labute approximate surface area is 109 Å². The van der Waals surface area contributed by atoms with Gasteiger partial charge in [0.05, 0.1) is 11.1 Å². The Balaban J connectivity index is 2.34. The fraction of sp³-hybridized carbons (Fsp3) is 0. The fourth-order valence-electron chi connectivity index (χ4n) is 2.13. The fourth-order valence-corrected chi connectivity index (χ4v) is 2.13. The molecule has 0 atom stereocenters. The Hall–Kier alpha value is -2.75. The Kier molecular flexibility index (Phi) is 2.68. The van der Waals surface area contributed by atoms with Crippen LogP contribution in [0.5, 0.6) is 0 Å². The summed E-state index contributed by atoms with van der Waals surface area (Å²) in [4.78, 5) is 19.6. The van der Waals surface area contributed by atoms with Crippen molar-refractivity contribution in [1.82, 2.24) is 9.97 Å². The summed E-state index contributed by atoms with van der Waals surface area (Å²) >= 11 is 0. The number of carbonyl (C=O) groups is 1. The highest BCUT2D eigenvalue weighted by Gasteiger charge is 2.13. The van der Waals surface area contributed by atoms with Crippen molar-refractivity contribution in [2.75, 3.05) is 0 Å². The van der Waals surface area contributed by atoms with Gasteiger partial charge in [0.25, 0.3) is 0 Å². The van der Waals surface area contributed by atoms with Crippen LogP contribution in [0.2, 0.25) is 0 Å². The highest BCUT2D eigenvalue weighted by atomic mass is 16.4. The first-order chi connectivity index (χ1) is 9.27. The van der Waals surface area contributed by atoms with E-state index in [2.05, 4.69) is 9.97 Å². The molecular formula is C15H10N2O2. The maximum atomic E-state index is 11.3. The first-order valence-electron chi connectivity index (χ1n) is 5.79. The van der Waals surface area contributed by atoms with E-state index in [1.807, 2.05) is 30.3 Å². The second-order valence-electron chi connectivity index (χ2n) is 4.10. The van der Waals surface area contributed by atoms with Crippen molar-refractivity contribution in [2.45, 2.75) is 0 Å². The average Bonchev–Trinajstić information content (AvgIpc) is 2.46. The van der Waals surface area contributed by atoms with E-state index in [1.165, 1.54) is 12.3 Å². The molecule has 0 unspecified atom stereocenters. The molecule has 92 valence electrons. The minimum Gasteiger partial charge on any atom is -0.478 e. The highest BCUT2D eigenvalue weighted by Crippen LogP contribution is 2.29. The van der Waals surface area contributed by atoms with Crippen LogP contribution in [0.25, 0.3) is 22.0 Å². The third-order valence-corrected chi connectivity index (χ3v) is 2.99. The van der Waals surface area contributed by atoms with Gasteiger partial charge in [0.1, 0.15) is 0 Å². The lowest BCUT2D eigenvalue weighted by atomic mass is 9.98. The number of pyridine rings is 2. The van der Waals surface area contributed by atoms with E-state index in [-0.39, 0.29) is 5.56 Å². The number of carboxylic acids is 1. The molecule has 3 aromatic rings. The van der Waals surface area contributed by atoms with Gasteiger partial charge in [-0.3, -0.25) is 9.97 Å². The predicted octanol–water partition coefficient (Wildman–Crippen LogP) is 3.00. The molecule has 0 bridgehead atoms.